The molecule has 3 aromatic rings. The molecule has 1 fully saturated rings. The van der Waals surface area contributed by atoms with Gasteiger partial charge in [-0.05, 0) is 35.7 Å². The number of fused-ring (bicyclic) bond motifs is 1. The third-order valence-corrected chi connectivity index (χ3v) is 5.51. The number of hydrogen-bond donors (Lipinski definition) is 1. The van der Waals surface area contributed by atoms with Gasteiger partial charge in [-0.15, -0.1) is 0 Å². The van der Waals surface area contributed by atoms with Crippen molar-refractivity contribution in [2.24, 2.45) is 5.92 Å². The van der Waals surface area contributed by atoms with Crippen LogP contribution in [0, 0.1) is 11.7 Å². The molecule has 5 heteroatoms. The Morgan fingerprint density at radius 1 is 1.00 bits per heavy atom. The predicted octanol–water partition coefficient (Wildman–Crippen LogP) is 4.15. The molecule has 1 heterocycles. The third-order valence-electron chi connectivity index (χ3n) is 5.51. The minimum atomic E-state index is -0.329. The Balaban J connectivity index is 1.44. The fraction of sp³-hybridized carbons (Fsp3) is 0.250. The first-order valence-corrected chi connectivity index (χ1v) is 9.91. The Kier molecular flexibility index (Phi) is 5.56. The zero-order valence-corrected chi connectivity index (χ0v) is 16.1. The van der Waals surface area contributed by atoms with Crippen molar-refractivity contribution in [3.63, 3.8) is 0 Å². The van der Waals surface area contributed by atoms with Gasteiger partial charge >= 0.3 is 0 Å². The Morgan fingerprint density at radius 3 is 2.62 bits per heavy atom. The minimum absolute atomic E-state index is 0.0478. The minimum Gasteiger partial charge on any atom is -0.352 e. The summed E-state index contributed by atoms with van der Waals surface area (Å²) in [6, 6.07) is 19.9. The van der Waals surface area contributed by atoms with Crippen LogP contribution in [0.25, 0.3) is 10.8 Å². The van der Waals surface area contributed by atoms with Crippen molar-refractivity contribution in [2.75, 3.05) is 13.1 Å². The Labute approximate surface area is 169 Å². The predicted molar refractivity (Wildman–Crippen MR) is 111 cm³/mol. The molecule has 4 nitrogen and oxygen atoms in total. The molecule has 1 N–H and O–H groups in total. The van der Waals surface area contributed by atoms with E-state index in [-0.39, 0.29) is 30.1 Å². The Hall–Kier alpha value is -3.21. The van der Waals surface area contributed by atoms with Crippen LogP contribution in [0.5, 0.6) is 0 Å². The lowest BCUT2D eigenvalue weighted by atomic mass is 9.95. The molecular formula is C24H23FN2O2. The molecule has 0 saturated carbocycles. The molecule has 29 heavy (non-hydrogen) atoms. The lowest BCUT2D eigenvalue weighted by molar-refractivity contribution is -0.126. The van der Waals surface area contributed by atoms with Crippen molar-refractivity contribution in [2.45, 2.75) is 19.4 Å². The molecule has 3 aromatic carbocycles. The number of nitrogens with one attached hydrogen (secondary N) is 1. The molecule has 0 radical (unpaired) electrons. The number of halogens is 1. The van der Waals surface area contributed by atoms with E-state index >= 15 is 0 Å². The first kappa shape index (κ1) is 19.1. The lowest BCUT2D eigenvalue weighted by Crippen LogP contribution is -2.45. The van der Waals surface area contributed by atoms with Crippen molar-refractivity contribution in [3.8, 4) is 0 Å². The van der Waals surface area contributed by atoms with Crippen LogP contribution in [-0.4, -0.2) is 29.8 Å². The summed E-state index contributed by atoms with van der Waals surface area (Å²) < 4.78 is 13.8. The highest BCUT2D eigenvalue weighted by molar-refractivity contribution is 6.07. The number of carbonyl (C=O) groups is 2. The summed E-state index contributed by atoms with van der Waals surface area (Å²) in [7, 11) is 0. The molecule has 1 unspecified atom stereocenters. The highest BCUT2D eigenvalue weighted by Crippen LogP contribution is 2.23. The van der Waals surface area contributed by atoms with Gasteiger partial charge in [0.2, 0.25) is 5.91 Å². The van der Waals surface area contributed by atoms with Gasteiger partial charge in [-0.2, -0.15) is 0 Å². The summed E-state index contributed by atoms with van der Waals surface area (Å²) in [5, 5.41) is 4.77. The maximum atomic E-state index is 13.8. The number of rotatable bonds is 4. The summed E-state index contributed by atoms with van der Waals surface area (Å²) in [6.07, 6.45) is 1.50. The SMILES string of the molecule is O=C(NCc1ccccc1F)C1CCCN(C(=O)c2cccc3ccccc23)C1. The standard InChI is InChI=1S/C24H23FN2O2/c25-22-13-4-2-8-18(22)15-26-23(28)19-10-6-14-27(16-19)24(29)21-12-5-9-17-7-1-3-11-20(17)21/h1-5,7-9,11-13,19H,6,10,14-16H2,(H,26,28). The van der Waals surface area contributed by atoms with E-state index in [1.807, 2.05) is 42.5 Å². The normalized spacial score (nSPS) is 16.6. The summed E-state index contributed by atoms with van der Waals surface area (Å²) in [5.41, 5.74) is 1.12. The van der Waals surface area contributed by atoms with E-state index in [0.29, 0.717) is 24.2 Å². The van der Waals surface area contributed by atoms with Gasteiger partial charge in [-0.1, -0.05) is 54.6 Å². The molecule has 1 aliphatic heterocycles. The van der Waals surface area contributed by atoms with E-state index < -0.39 is 0 Å². The third kappa shape index (κ3) is 4.14. The van der Waals surface area contributed by atoms with Gasteiger partial charge in [0.15, 0.2) is 0 Å². The van der Waals surface area contributed by atoms with E-state index in [1.165, 1.54) is 6.07 Å². The number of nitrogens with zero attached hydrogens (tertiary/aromatic N) is 1. The van der Waals surface area contributed by atoms with Gasteiger partial charge in [-0.3, -0.25) is 9.59 Å². The van der Waals surface area contributed by atoms with Crippen LogP contribution in [0.2, 0.25) is 0 Å². The quantitative estimate of drug-likeness (QED) is 0.728. The van der Waals surface area contributed by atoms with Gasteiger partial charge in [0.1, 0.15) is 5.82 Å². The molecule has 1 atom stereocenters. The van der Waals surface area contributed by atoms with Crippen LogP contribution in [-0.2, 0) is 11.3 Å². The summed E-state index contributed by atoms with van der Waals surface area (Å²) in [6.45, 7) is 1.17. The van der Waals surface area contributed by atoms with Crippen LogP contribution in [0.4, 0.5) is 4.39 Å². The molecule has 0 aromatic heterocycles. The summed E-state index contributed by atoms with van der Waals surface area (Å²) >= 11 is 0. The zero-order valence-electron chi connectivity index (χ0n) is 16.1. The van der Waals surface area contributed by atoms with Crippen LogP contribution in [0.1, 0.15) is 28.8 Å². The first-order chi connectivity index (χ1) is 14.1. The molecule has 2 amide bonds. The second-order valence-electron chi connectivity index (χ2n) is 7.43. The molecule has 1 saturated heterocycles. The Morgan fingerprint density at radius 2 is 1.76 bits per heavy atom. The largest absolute Gasteiger partial charge is 0.352 e. The number of likely N-dealkylation sites (tertiary alicyclic amines) is 1. The van der Waals surface area contributed by atoms with E-state index in [1.54, 1.807) is 23.1 Å². The van der Waals surface area contributed by atoms with Crippen LogP contribution in [0.3, 0.4) is 0 Å². The topological polar surface area (TPSA) is 49.4 Å². The van der Waals surface area contributed by atoms with Gasteiger partial charge < -0.3 is 10.2 Å². The van der Waals surface area contributed by atoms with Gasteiger partial charge in [0.25, 0.3) is 5.91 Å². The van der Waals surface area contributed by atoms with Crippen molar-refractivity contribution in [3.05, 3.63) is 83.7 Å². The number of amides is 2. The fourth-order valence-corrected chi connectivity index (χ4v) is 3.93. The van der Waals surface area contributed by atoms with E-state index in [4.69, 9.17) is 0 Å². The monoisotopic (exact) mass is 390 g/mol. The second-order valence-corrected chi connectivity index (χ2v) is 7.43. The van der Waals surface area contributed by atoms with E-state index in [2.05, 4.69) is 5.32 Å². The van der Waals surface area contributed by atoms with Gasteiger partial charge in [0, 0.05) is 30.8 Å². The van der Waals surface area contributed by atoms with Crippen molar-refractivity contribution >= 4 is 22.6 Å². The van der Waals surface area contributed by atoms with Crippen molar-refractivity contribution in [1.29, 1.82) is 0 Å². The van der Waals surface area contributed by atoms with Crippen LogP contribution < -0.4 is 5.32 Å². The molecule has 0 spiro atoms. The molecular weight excluding hydrogens is 367 g/mol. The summed E-state index contributed by atoms with van der Waals surface area (Å²) in [4.78, 5) is 27.5. The molecule has 4 rings (SSSR count). The molecule has 0 aliphatic carbocycles. The average Bonchev–Trinajstić information content (AvgIpc) is 2.77. The molecule has 1 aliphatic rings. The average molecular weight is 390 g/mol. The van der Waals surface area contributed by atoms with Gasteiger partial charge in [-0.25, -0.2) is 4.39 Å². The number of piperidine rings is 1. The molecule has 0 bridgehead atoms. The summed E-state index contributed by atoms with van der Waals surface area (Å²) in [5.74, 6) is -0.796. The fourth-order valence-electron chi connectivity index (χ4n) is 3.93. The Bertz CT molecular complexity index is 1040. The van der Waals surface area contributed by atoms with E-state index in [9.17, 15) is 14.0 Å². The maximum Gasteiger partial charge on any atom is 0.254 e. The highest BCUT2D eigenvalue weighted by Gasteiger charge is 2.29. The zero-order chi connectivity index (χ0) is 20.2. The smallest absolute Gasteiger partial charge is 0.254 e. The van der Waals surface area contributed by atoms with Crippen LogP contribution in [0.15, 0.2) is 66.7 Å². The highest BCUT2D eigenvalue weighted by atomic mass is 19.1. The first-order valence-electron chi connectivity index (χ1n) is 9.91. The number of benzene rings is 3. The van der Waals surface area contributed by atoms with Gasteiger partial charge in [0.05, 0.1) is 5.92 Å². The van der Waals surface area contributed by atoms with E-state index in [0.717, 1.165) is 23.6 Å². The van der Waals surface area contributed by atoms with Crippen molar-refractivity contribution in [1.82, 2.24) is 10.2 Å². The van der Waals surface area contributed by atoms with Crippen molar-refractivity contribution < 1.29 is 14.0 Å². The van der Waals surface area contributed by atoms with Crippen LogP contribution >= 0.6 is 0 Å². The molecule has 148 valence electrons. The number of hydrogen-bond acceptors (Lipinski definition) is 2. The number of carbonyl (C=O) groups excluding carboxylic acids is 2. The lowest BCUT2D eigenvalue weighted by Gasteiger charge is -2.32. The second kappa shape index (κ2) is 8.43. The maximum absolute atomic E-state index is 13.8.